The smallest absolute Gasteiger partial charge is 0.138 e. The second-order valence-corrected chi connectivity index (χ2v) is 4.74. The average Bonchev–Trinajstić information content (AvgIpc) is 2.34. The highest BCUT2D eigenvalue weighted by molar-refractivity contribution is 6.32. The highest BCUT2D eigenvalue weighted by Crippen LogP contribution is 2.28. The van der Waals surface area contributed by atoms with E-state index in [4.69, 9.17) is 16.3 Å². The number of aryl methyl sites for hydroxylation is 1. The molecular weight excluding hydrogens is 238 g/mol. The third-order valence-electron chi connectivity index (χ3n) is 3.07. The summed E-state index contributed by atoms with van der Waals surface area (Å²) in [5, 5.41) is 13.5. The topological polar surface area (TPSA) is 41.5 Å². The minimum Gasteiger partial charge on any atom is -0.486 e. The van der Waals surface area contributed by atoms with Crippen molar-refractivity contribution in [3.05, 3.63) is 28.8 Å². The van der Waals surface area contributed by atoms with Gasteiger partial charge < -0.3 is 15.2 Å². The van der Waals surface area contributed by atoms with Gasteiger partial charge in [-0.1, -0.05) is 24.6 Å². The molecule has 0 aliphatic carbocycles. The molecule has 1 saturated heterocycles. The minimum atomic E-state index is -0.467. The van der Waals surface area contributed by atoms with Crippen molar-refractivity contribution in [2.75, 3.05) is 13.1 Å². The second-order valence-electron chi connectivity index (χ2n) is 4.33. The summed E-state index contributed by atoms with van der Waals surface area (Å²) in [5.74, 6) is 0.662. The van der Waals surface area contributed by atoms with Crippen LogP contribution in [0.5, 0.6) is 5.75 Å². The lowest BCUT2D eigenvalue weighted by Gasteiger charge is -2.29. The molecule has 0 spiro atoms. The number of aliphatic hydroxyl groups is 1. The molecule has 0 bridgehead atoms. The summed E-state index contributed by atoms with van der Waals surface area (Å²) in [4.78, 5) is 0. The molecular formula is C13H18ClNO2. The fourth-order valence-electron chi connectivity index (χ4n) is 1.98. The molecule has 2 atom stereocenters. The van der Waals surface area contributed by atoms with Gasteiger partial charge in [-0.25, -0.2) is 0 Å². The Labute approximate surface area is 107 Å². The molecule has 94 valence electrons. The normalized spacial score (nSPS) is 24.6. The maximum Gasteiger partial charge on any atom is 0.138 e. The zero-order valence-corrected chi connectivity index (χ0v) is 10.7. The van der Waals surface area contributed by atoms with Gasteiger partial charge in [0.05, 0.1) is 5.02 Å². The SMILES string of the molecule is CCc1ccc(OC2CCNCC2O)c(Cl)c1. The molecule has 0 amide bonds. The van der Waals surface area contributed by atoms with Crippen LogP contribution in [0.4, 0.5) is 0 Å². The summed E-state index contributed by atoms with van der Waals surface area (Å²) >= 11 is 6.15. The quantitative estimate of drug-likeness (QED) is 0.868. The van der Waals surface area contributed by atoms with E-state index < -0.39 is 6.10 Å². The Bertz CT molecular complexity index is 384. The van der Waals surface area contributed by atoms with Crippen molar-refractivity contribution in [3.8, 4) is 5.75 Å². The predicted molar refractivity (Wildman–Crippen MR) is 68.7 cm³/mol. The molecule has 1 aliphatic rings. The highest BCUT2D eigenvalue weighted by atomic mass is 35.5. The fourth-order valence-corrected chi connectivity index (χ4v) is 2.23. The van der Waals surface area contributed by atoms with Gasteiger partial charge in [0.1, 0.15) is 18.0 Å². The van der Waals surface area contributed by atoms with Crippen molar-refractivity contribution in [1.29, 1.82) is 0 Å². The molecule has 17 heavy (non-hydrogen) atoms. The molecule has 0 radical (unpaired) electrons. The largest absolute Gasteiger partial charge is 0.486 e. The van der Waals surface area contributed by atoms with Crippen LogP contribution in [-0.4, -0.2) is 30.4 Å². The molecule has 1 aromatic carbocycles. The number of halogens is 1. The van der Waals surface area contributed by atoms with E-state index in [1.807, 2.05) is 18.2 Å². The number of β-amino-alcohol motifs (C(OH)–C–C–N with tert-alkyl or cyclic N) is 1. The Kier molecular flexibility index (Phi) is 4.26. The first-order valence-electron chi connectivity index (χ1n) is 6.04. The number of benzene rings is 1. The Balaban J connectivity index is 2.07. The van der Waals surface area contributed by atoms with Crippen LogP contribution in [0.15, 0.2) is 18.2 Å². The average molecular weight is 256 g/mol. The summed E-state index contributed by atoms with van der Waals surface area (Å²) in [6.45, 7) is 3.53. The lowest BCUT2D eigenvalue weighted by atomic mass is 10.1. The van der Waals surface area contributed by atoms with E-state index in [1.165, 1.54) is 5.56 Å². The Hall–Kier alpha value is -0.770. The number of aliphatic hydroxyl groups excluding tert-OH is 1. The van der Waals surface area contributed by atoms with E-state index in [9.17, 15) is 5.11 Å². The molecule has 2 rings (SSSR count). The Morgan fingerprint density at radius 3 is 3.00 bits per heavy atom. The minimum absolute atomic E-state index is 0.166. The van der Waals surface area contributed by atoms with E-state index in [0.717, 1.165) is 19.4 Å². The predicted octanol–water partition coefficient (Wildman–Crippen LogP) is 2.00. The first-order valence-corrected chi connectivity index (χ1v) is 6.42. The van der Waals surface area contributed by atoms with Gasteiger partial charge in [0.2, 0.25) is 0 Å². The zero-order valence-electron chi connectivity index (χ0n) is 9.95. The molecule has 2 N–H and O–H groups in total. The Morgan fingerprint density at radius 2 is 2.35 bits per heavy atom. The molecule has 1 fully saturated rings. The maximum absolute atomic E-state index is 9.79. The first kappa shape index (κ1) is 12.7. The second kappa shape index (κ2) is 5.71. The Morgan fingerprint density at radius 1 is 1.53 bits per heavy atom. The number of hydrogen-bond donors (Lipinski definition) is 2. The van der Waals surface area contributed by atoms with Crippen LogP contribution in [0.3, 0.4) is 0 Å². The lowest BCUT2D eigenvalue weighted by Crippen LogP contribution is -2.46. The van der Waals surface area contributed by atoms with Gasteiger partial charge in [0, 0.05) is 6.54 Å². The number of piperidine rings is 1. The van der Waals surface area contributed by atoms with Crippen molar-refractivity contribution in [2.45, 2.75) is 32.0 Å². The number of hydrogen-bond acceptors (Lipinski definition) is 3. The molecule has 0 saturated carbocycles. The number of nitrogens with one attached hydrogen (secondary N) is 1. The van der Waals surface area contributed by atoms with Crippen LogP contribution < -0.4 is 10.1 Å². The summed E-state index contributed by atoms with van der Waals surface area (Å²) in [5.41, 5.74) is 1.19. The van der Waals surface area contributed by atoms with Gasteiger partial charge in [0.15, 0.2) is 0 Å². The monoisotopic (exact) mass is 255 g/mol. The van der Waals surface area contributed by atoms with Crippen molar-refractivity contribution >= 4 is 11.6 Å². The highest BCUT2D eigenvalue weighted by Gasteiger charge is 2.25. The summed E-state index contributed by atoms with van der Waals surface area (Å²) in [6.07, 6.45) is 1.12. The molecule has 2 unspecified atom stereocenters. The third-order valence-corrected chi connectivity index (χ3v) is 3.37. The van der Waals surface area contributed by atoms with E-state index in [-0.39, 0.29) is 6.10 Å². The first-order chi connectivity index (χ1) is 8.20. The van der Waals surface area contributed by atoms with Crippen molar-refractivity contribution < 1.29 is 9.84 Å². The standard InChI is InChI=1S/C13H18ClNO2/c1-2-9-3-4-12(10(14)7-9)17-13-5-6-15-8-11(13)16/h3-4,7,11,13,15-16H,2,5-6,8H2,1H3. The molecule has 0 aromatic heterocycles. The van der Waals surface area contributed by atoms with Crippen molar-refractivity contribution in [1.82, 2.24) is 5.32 Å². The van der Waals surface area contributed by atoms with Crippen molar-refractivity contribution in [3.63, 3.8) is 0 Å². The van der Waals surface area contributed by atoms with Gasteiger partial charge in [-0.05, 0) is 37.1 Å². The van der Waals surface area contributed by atoms with E-state index >= 15 is 0 Å². The molecule has 1 aromatic rings. The van der Waals surface area contributed by atoms with Crippen LogP contribution >= 0.6 is 11.6 Å². The zero-order chi connectivity index (χ0) is 12.3. The summed E-state index contributed by atoms with van der Waals surface area (Å²) in [7, 11) is 0. The van der Waals surface area contributed by atoms with E-state index in [0.29, 0.717) is 17.3 Å². The van der Waals surface area contributed by atoms with E-state index in [1.54, 1.807) is 0 Å². The van der Waals surface area contributed by atoms with E-state index in [2.05, 4.69) is 12.2 Å². The molecule has 1 aliphatic heterocycles. The van der Waals surface area contributed by atoms with Gasteiger partial charge in [-0.15, -0.1) is 0 Å². The number of ether oxygens (including phenoxy) is 1. The van der Waals surface area contributed by atoms with Crippen LogP contribution in [0.2, 0.25) is 5.02 Å². The van der Waals surface area contributed by atoms with Crippen LogP contribution in [0.25, 0.3) is 0 Å². The maximum atomic E-state index is 9.79. The van der Waals surface area contributed by atoms with Gasteiger partial charge in [0.25, 0.3) is 0 Å². The van der Waals surface area contributed by atoms with Crippen LogP contribution in [0, 0.1) is 0 Å². The van der Waals surface area contributed by atoms with Gasteiger partial charge in [-0.3, -0.25) is 0 Å². The van der Waals surface area contributed by atoms with Crippen molar-refractivity contribution in [2.24, 2.45) is 0 Å². The van der Waals surface area contributed by atoms with Gasteiger partial charge in [-0.2, -0.15) is 0 Å². The lowest BCUT2D eigenvalue weighted by molar-refractivity contribution is 0.0163. The molecule has 3 nitrogen and oxygen atoms in total. The van der Waals surface area contributed by atoms with Crippen LogP contribution in [0.1, 0.15) is 18.9 Å². The molecule has 4 heteroatoms. The third kappa shape index (κ3) is 3.12. The fraction of sp³-hybridized carbons (Fsp3) is 0.538. The summed E-state index contributed by atoms with van der Waals surface area (Å²) < 4.78 is 5.78. The summed E-state index contributed by atoms with van der Waals surface area (Å²) in [6, 6.07) is 5.81. The molecule has 1 heterocycles. The van der Waals surface area contributed by atoms with Crippen LogP contribution in [-0.2, 0) is 6.42 Å². The number of rotatable bonds is 3. The van der Waals surface area contributed by atoms with Gasteiger partial charge >= 0.3 is 0 Å².